The number of nitrogens with zero attached hydrogens (tertiary/aromatic N) is 2. The average molecular weight is 288 g/mol. The summed E-state index contributed by atoms with van der Waals surface area (Å²) >= 11 is 0. The molecule has 0 saturated carbocycles. The molecular weight excluding hydrogens is 268 g/mol. The zero-order chi connectivity index (χ0) is 15.1. The number of anilines is 2. The van der Waals surface area contributed by atoms with Crippen molar-refractivity contribution >= 4 is 11.8 Å². The average Bonchev–Trinajstić information content (AvgIpc) is 2.50. The van der Waals surface area contributed by atoms with Crippen molar-refractivity contribution in [2.75, 3.05) is 24.7 Å². The maximum atomic E-state index is 5.85. The zero-order valence-electron chi connectivity index (χ0n) is 12.3. The minimum absolute atomic E-state index is 0.210. The second-order valence-corrected chi connectivity index (χ2v) is 4.47. The Balaban J connectivity index is 2.22. The van der Waals surface area contributed by atoms with Crippen LogP contribution in [0.3, 0.4) is 0 Å². The summed E-state index contributed by atoms with van der Waals surface area (Å²) in [5, 5.41) is 3.22. The molecule has 0 radical (unpaired) electrons. The van der Waals surface area contributed by atoms with Crippen LogP contribution in [0.15, 0.2) is 30.5 Å². The van der Waals surface area contributed by atoms with Crippen molar-refractivity contribution in [2.24, 2.45) is 0 Å². The molecule has 1 aromatic heterocycles. The van der Waals surface area contributed by atoms with Gasteiger partial charge in [-0.25, -0.2) is 4.98 Å². The third kappa shape index (κ3) is 3.98. The number of methoxy groups -OCH3 is 1. The Morgan fingerprint density at radius 3 is 2.67 bits per heavy atom. The van der Waals surface area contributed by atoms with Crippen LogP contribution in [0.25, 0.3) is 0 Å². The highest BCUT2D eigenvalue weighted by Gasteiger charge is 2.11. The molecule has 0 aliphatic rings. The van der Waals surface area contributed by atoms with Crippen molar-refractivity contribution < 1.29 is 9.47 Å². The van der Waals surface area contributed by atoms with E-state index in [0.717, 1.165) is 19.4 Å². The molecular formula is C15H20N4O2. The summed E-state index contributed by atoms with van der Waals surface area (Å²) in [6.07, 6.45) is 3.69. The number of nitrogen functional groups attached to an aromatic ring is 1. The molecule has 0 aliphatic carbocycles. The maximum absolute atomic E-state index is 5.85. The van der Waals surface area contributed by atoms with Gasteiger partial charge in [-0.2, -0.15) is 4.98 Å². The number of aromatic nitrogens is 2. The van der Waals surface area contributed by atoms with E-state index in [-0.39, 0.29) is 5.95 Å². The van der Waals surface area contributed by atoms with Gasteiger partial charge in [-0.05, 0) is 18.6 Å². The highest BCUT2D eigenvalue weighted by Crippen LogP contribution is 2.33. The number of benzene rings is 1. The molecule has 21 heavy (non-hydrogen) atoms. The van der Waals surface area contributed by atoms with Crippen molar-refractivity contribution in [1.82, 2.24) is 9.97 Å². The van der Waals surface area contributed by atoms with E-state index in [1.54, 1.807) is 13.3 Å². The summed E-state index contributed by atoms with van der Waals surface area (Å²) in [5.74, 6) is 2.56. The second kappa shape index (κ2) is 7.33. The molecule has 0 fully saturated rings. The van der Waals surface area contributed by atoms with E-state index in [4.69, 9.17) is 15.2 Å². The van der Waals surface area contributed by atoms with E-state index in [2.05, 4.69) is 22.2 Å². The van der Waals surface area contributed by atoms with Crippen LogP contribution in [0, 0.1) is 0 Å². The summed E-state index contributed by atoms with van der Waals surface area (Å²) in [5.41, 5.74) is 5.64. The lowest BCUT2D eigenvalue weighted by Gasteiger charge is -2.13. The van der Waals surface area contributed by atoms with Gasteiger partial charge in [0, 0.05) is 6.54 Å². The van der Waals surface area contributed by atoms with E-state index in [1.807, 2.05) is 24.3 Å². The van der Waals surface area contributed by atoms with Gasteiger partial charge in [-0.1, -0.05) is 25.5 Å². The largest absolute Gasteiger partial charge is 0.493 e. The van der Waals surface area contributed by atoms with Crippen LogP contribution in [0.1, 0.15) is 19.8 Å². The lowest BCUT2D eigenvalue weighted by atomic mass is 10.3. The van der Waals surface area contributed by atoms with Crippen molar-refractivity contribution in [3.8, 4) is 17.2 Å². The Morgan fingerprint density at radius 1 is 1.19 bits per heavy atom. The Bertz CT molecular complexity index is 590. The quantitative estimate of drug-likeness (QED) is 0.762. The molecule has 0 aliphatic heterocycles. The summed E-state index contributed by atoms with van der Waals surface area (Å²) in [4.78, 5) is 8.17. The number of nitrogens with two attached hydrogens (primary N) is 1. The standard InChI is InChI=1S/C15H20N4O2/c1-3-4-9-17-14-13(10-18-15(16)19-14)21-12-8-6-5-7-11(12)20-2/h5-8,10H,3-4,9H2,1-2H3,(H3,16,17,18,19). The fraction of sp³-hybridized carbons (Fsp3) is 0.333. The fourth-order valence-corrected chi connectivity index (χ4v) is 1.79. The van der Waals surface area contributed by atoms with Crippen LogP contribution in [0.4, 0.5) is 11.8 Å². The van der Waals surface area contributed by atoms with Crippen LogP contribution in [-0.4, -0.2) is 23.6 Å². The van der Waals surface area contributed by atoms with E-state index in [9.17, 15) is 0 Å². The van der Waals surface area contributed by atoms with Gasteiger partial charge in [0.05, 0.1) is 13.3 Å². The molecule has 3 N–H and O–H groups in total. The van der Waals surface area contributed by atoms with Crippen LogP contribution in [0.5, 0.6) is 17.2 Å². The summed E-state index contributed by atoms with van der Waals surface area (Å²) < 4.78 is 11.1. The van der Waals surface area contributed by atoms with Gasteiger partial charge in [0.15, 0.2) is 23.1 Å². The van der Waals surface area contributed by atoms with Crippen molar-refractivity contribution in [1.29, 1.82) is 0 Å². The van der Waals surface area contributed by atoms with Crippen molar-refractivity contribution in [3.05, 3.63) is 30.5 Å². The Morgan fingerprint density at radius 2 is 1.95 bits per heavy atom. The van der Waals surface area contributed by atoms with Gasteiger partial charge in [-0.3, -0.25) is 0 Å². The summed E-state index contributed by atoms with van der Waals surface area (Å²) in [6.45, 7) is 2.93. The number of hydrogen-bond donors (Lipinski definition) is 2. The van der Waals surface area contributed by atoms with Crippen molar-refractivity contribution in [2.45, 2.75) is 19.8 Å². The van der Waals surface area contributed by atoms with Crippen LogP contribution >= 0.6 is 0 Å². The van der Waals surface area contributed by atoms with Gasteiger partial charge in [0.1, 0.15) is 0 Å². The fourth-order valence-electron chi connectivity index (χ4n) is 1.79. The first-order valence-electron chi connectivity index (χ1n) is 6.92. The lowest BCUT2D eigenvalue weighted by Crippen LogP contribution is -2.07. The number of para-hydroxylation sites is 2. The molecule has 2 rings (SSSR count). The molecule has 0 amide bonds. The first-order chi connectivity index (χ1) is 10.2. The molecule has 2 aromatic rings. The number of nitrogens with one attached hydrogen (secondary N) is 1. The van der Waals surface area contributed by atoms with Crippen LogP contribution in [0.2, 0.25) is 0 Å². The van der Waals surface area contributed by atoms with Crippen LogP contribution < -0.4 is 20.5 Å². The van der Waals surface area contributed by atoms with Gasteiger partial charge in [0.2, 0.25) is 5.95 Å². The first-order valence-corrected chi connectivity index (χ1v) is 6.92. The van der Waals surface area contributed by atoms with E-state index >= 15 is 0 Å². The third-order valence-corrected chi connectivity index (χ3v) is 2.89. The highest BCUT2D eigenvalue weighted by atomic mass is 16.5. The van der Waals surface area contributed by atoms with Gasteiger partial charge in [-0.15, -0.1) is 0 Å². The molecule has 1 heterocycles. The molecule has 6 heteroatoms. The molecule has 6 nitrogen and oxygen atoms in total. The number of rotatable bonds is 7. The Hall–Kier alpha value is -2.50. The maximum Gasteiger partial charge on any atom is 0.222 e. The predicted octanol–water partition coefficient (Wildman–Crippen LogP) is 3.07. The Labute approximate surface area is 124 Å². The Kier molecular flexibility index (Phi) is 5.20. The second-order valence-electron chi connectivity index (χ2n) is 4.47. The van der Waals surface area contributed by atoms with Gasteiger partial charge >= 0.3 is 0 Å². The summed E-state index contributed by atoms with van der Waals surface area (Å²) in [6, 6.07) is 7.41. The topological polar surface area (TPSA) is 82.3 Å². The third-order valence-electron chi connectivity index (χ3n) is 2.89. The SMILES string of the molecule is CCCCNc1nc(N)ncc1Oc1ccccc1OC. The number of hydrogen-bond acceptors (Lipinski definition) is 6. The normalized spacial score (nSPS) is 10.2. The smallest absolute Gasteiger partial charge is 0.222 e. The molecule has 1 aromatic carbocycles. The summed E-state index contributed by atoms with van der Waals surface area (Å²) in [7, 11) is 1.60. The molecule has 0 unspecified atom stereocenters. The molecule has 0 bridgehead atoms. The predicted molar refractivity (Wildman–Crippen MR) is 82.9 cm³/mol. The van der Waals surface area contributed by atoms with E-state index < -0.39 is 0 Å². The molecule has 0 spiro atoms. The van der Waals surface area contributed by atoms with Crippen LogP contribution in [-0.2, 0) is 0 Å². The minimum Gasteiger partial charge on any atom is -0.493 e. The lowest BCUT2D eigenvalue weighted by molar-refractivity contribution is 0.378. The van der Waals surface area contributed by atoms with Gasteiger partial charge in [0.25, 0.3) is 0 Å². The van der Waals surface area contributed by atoms with E-state index in [0.29, 0.717) is 23.1 Å². The number of unbranched alkanes of at least 4 members (excludes halogenated alkanes) is 1. The molecule has 0 atom stereocenters. The minimum atomic E-state index is 0.210. The zero-order valence-corrected chi connectivity index (χ0v) is 12.3. The first kappa shape index (κ1) is 14.9. The molecule has 112 valence electrons. The van der Waals surface area contributed by atoms with E-state index in [1.165, 1.54) is 0 Å². The van der Waals surface area contributed by atoms with Gasteiger partial charge < -0.3 is 20.5 Å². The molecule has 0 saturated heterocycles. The van der Waals surface area contributed by atoms with Crippen molar-refractivity contribution in [3.63, 3.8) is 0 Å². The monoisotopic (exact) mass is 288 g/mol. The highest BCUT2D eigenvalue weighted by molar-refractivity contribution is 5.54. The number of ether oxygens (including phenoxy) is 2.